The highest BCUT2D eigenvalue weighted by Crippen LogP contribution is 2.17. The topological polar surface area (TPSA) is 45.6 Å². The molecule has 164 valence electrons. The predicted octanol–water partition coefficient (Wildman–Crippen LogP) is 4.62. The maximum atomic E-state index is 13.3. The van der Waals surface area contributed by atoms with Gasteiger partial charge in [-0.3, -0.25) is 9.59 Å². The van der Waals surface area contributed by atoms with E-state index in [0.717, 1.165) is 18.7 Å². The van der Waals surface area contributed by atoms with Gasteiger partial charge in [-0.2, -0.15) is 0 Å². The highest BCUT2D eigenvalue weighted by molar-refractivity contribution is 5.85. The van der Waals surface area contributed by atoms with Crippen LogP contribution in [0.1, 0.15) is 64.3 Å². The number of aryl methyl sites for hydroxylation is 1. The fourth-order valence-corrected chi connectivity index (χ4v) is 3.60. The van der Waals surface area contributed by atoms with Gasteiger partial charge in [-0.15, -0.1) is 0 Å². The first kappa shape index (κ1) is 23.7. The average Bonchev–Trinajstić information content (AvgIpc) is 3.17. The van der Waals surface area contributed by atoms with E-state index in [1.54, 1.807) is 4.90 Å². The number of carbonyl (C=O) groups excluding carboxylic acids is 2. The van der Waals surface area contributed by atoms with Gasteiger partial charge in [0.05, 0.1) is 13.1 Å². The van der Waals surface area contributed by atoms with Crippen LogP contribution in [0, 0.1) is 6.92 Å². The largest absolute Gasteiger partial charge is 0.345 e. The molecule has 5 nitrogen and oxygen atoms in total. The van der Waals surface area contributed by atoms with Crippen molar-refractivity contribution in [3.8, 4) is 0 Å². The second kappa shape index (κ2) is 11.0. The fourth-order valence-electron chi connectivity index (χ4n) is 3.60. The van der Waals surface area contributed by atoms with Crippen molar-refractivity contribution in [1.82, 2.24) is 14.4 Å². The van der Waals surface area contributed by atoms with E-state index in [1.807, 2.05) is 31.7 Å². The number of nitrogens with zero attached hydrogens (tertiary/aromatic N) is 3. The first-order valence-electron chi connectivity index (χ1n) is 11.1. The van der Waals surface area contributed by atoms with Gasteiger partial charge in [0, 0.05) is 36.9 Å². The Morgan fingerprint density at radius 3 is 2.27 bits per heavy atom. The monoisotopic (exact) mass is 411 g/mol. The zero-order valence-corrected chi connectivity index (χ0v) is 19.4. The van der Waals surface area contributed by atoms with E-state index in [0.29, 0.717) is 13.0 Å². The molecule has 2 aromatic rings. The lowest BCUT2D eigenvalue weighted by atomic mass is 10.1. The molecule has 0 aliphatic carbocycles. The van der Waals surface area contributed by atoms with Crippen LogP contribution in [0.5, 0.6) is 0 Å². The molecule has 0 aliphatic heterocycles. The Morgan fingerprint density at radius 1 is 0.967 bits per heavy atom. The molecule has 1 aromatic carbocycles. The summed E-state index contributed by atoms with van der Waals surface area (Å²) < 4.78 is 2.21. The second-order valence-electron chi connectivity index (χ2n) is 8.30. The molecule has 1 aromatic heterocycles. The smallest absolute Gasteiger partial charge is 0.242 e. The van der Waals surface area contributed by atoms with Crippen LogP contribution in [-0.2, 0) is 22.7 Å². The number of carbonyl (C=O) groups is 2. The first-order chi connectivity index (χ1) is 14.3. The van der Waals surface area contributed by atoms with E-state index in [9.17, 15) is 9.59 Å². The minimum Gasteiger partial charge on any atom is -0.345 e. The molecule has 0 bridgehead atoms. The molecule has 1 unspecified atom stereocenters. The molecular weight excluding hydrogens is 374 g/mol. The molecule has 0 saturated carbocycles. The normalized spacial score (nSPS) is 12.1. The third kappa shape index (κ3) is 5.97. The van der Waals surface area contributed by atoms with Gasteiger partial charge in [0.25, 0.3) is 0 Å². The minimum absolute atomic E-state index is 0.00323. The summed E-state index contributed by atoms with van der Waals surface area (Å²) in [5.74, 6) is 0.0221. The first-order valence-corrected chi connectivity index (χ1v) is 11.1. The van der Waals surface area contributed by atoms with Gasteiger partial charge in [0.15, 0.2) is 0 Å². The Morgan fingerprint density at radius 2 is 1.67 bits per heavy atom. The van der Waals surface area contributed by atoms with Crippen molar-refractivity contribution in [2.75, 3.05) is 6.54 Å². The molecule has 2 rings (SSSR count). The Balaban J connectivity index is 2.21. The summed E-state index contributed by atoms with van der Waals surface area (Å²) >= 11 is 0. The molecule has 0 spiro atoms. The highest BCUT2D eigenvalue weighted by Gasteiger charge is 2.25. The summed E-state index contributed by atoms with van der Waals surface area (Å²) in [6, 6.07) is 12.6. The molecule has 1 heterocycles. The van der Waals surface area contributed by atoms with Crippen LogP contribution >= 0.6 is 0 Å². The molecule has 0 aliphatic rings. The van der Waals surface area contributed by atoms with Gasteiger partial charge in [-0.05, 0) is 57.4 Å². The van der Waals surface area contributed by atoms with Gasteiger partial charge < -0.3 is 14.4 Å². The number of hydrogen-bond acceptors (Lipinski definition) is 2. The van der Waals surface area contributed by atoms with Crippen molar-refractivity contribution in [2.45, 2.75) is 79.6 Å². The Labute approximate surface area is 181 Å². The Bertz CT molecular complexity index is 840. The summed E-state index contributed by atoms with van der Waals surface area (Å²) in [4.78, 5) is 29.2. The van der Waals surface area contributed by atoms with Crippen LogP contribution in [-0.4, -0.2) is 44.8 Å². The van der Waals surface area contributed by atoms with E-state index in [4.69, 9.17) is 0 Å². The van der Waals surface area contributed by atoms with Crippen molar-refractivity contribution in [1.29, 1.82) is 0 Å². The molecule has 0 radical (unpaired) electrons. The summed E-state index contributed by atoms with van der Waals surface area (Å²) in [5, 5.41) is 0. The zero-order valence-electron chi connectivity index (χ0n) is 19.4. The third-order valence-electron chi connectivity index (χ3n) is 5.85. The fraction of sp³-hybridized carbons (Fsp3) is 0.520. The lowest BCUT2D eigenvalue weighted by Gasteiger charge is -2.33. The zero-order chi connectivity index (χ0) is 22.3. The lowest BCUT2D eigenvalue weighted by molar-refractivity contribution is -0.143. The molecule has 2 amide bonds. The number of amides is 2. The average molecular weight is 412 g/mol. The lowest BCUT2D eigenvalue weighted by Crippen LogP contribution is -2.48. The van der Waals surface area contributed by atoms with Crippen molar-refractivity contribution in [2.24, 2.45) is 0 Å². The van der Waals surface area contributed by atoms with Crippen molar-refractivity contribution in [3.63, 3.8) is 0 Å². The number of benzene rings is 1. The van der Waals surface area contributed by atoms with Crippen LogP contribution in [0.3, 0.4) is 0 Å². The van der Waals surface area contributed by atoms with Gasteiger partial charge in [0.1, 0.15) is 0 Å². The second-order valence-corrected chi connectivity index (χ2v) is 8.30. The summed E-state index contributed by atoms with van der Waals surface area (Å²) in [6.45, 7) is 13.5. The third-order valence-corrected chi connectivity index (χ3v) is 5.85. The quantitative estimate of drug-likeness (QED) is 0.573. The van der Waals surface area contributed by atoms with Crippen LogP contribution in [0.2, 0.25) is 0 Å². The van der Waals surface area contributed by atoms with Gasteiger partial charge in [0.2, 0.25) is 11.8 Å². The maximum absolute atomic E-state index is 13.3. The molecular formula is C25H37N3O2. The minimum atomic E-state index is 0.00323. The highest BCUT2D eigenvalue weighted by atomic mass is 16.2. The predicted molar refractivity (Wildman–Crippen MR) is 122 cm³/mol. The van der Waals surface area contributed by atoms with Crippen LogP contribution in [0.4, 0.5) is 0 Å². The van der Waals surface area contributed by atoms with E-state index in [2.05, 4.69) is 61.9 Å². The molecule has 5 heteroatoms. The van der Waals surface area contributed by atoms with E-state index in [1.165, 1.54) is 11.1 Å². The number of hydrogen-bond donors (Lipinski definition) is 0. The van der Waals surface area contributed by atoms with E-state index in [-0.39, 0.29) is 30.4 Å². The van der Waals surface area contributed by atoms with Crippen LogP contribution in [0.25, 0.3) is 0 Å². The van der Waals surface area contributed by atoms with E-state index >= 15 is 0 Å². The number of rotatable bonds is 10. The SMILES string of the molecule is CCC(=O)N(CC(=O)N(Cc1cccn1Cc1ccccc1C)C(C)CC)C(C)C. The maximum Gasteiger partial charge on any atom is 0.242 e. The van der Waals surface area contributed by atoms with Gasteiger partial charge >= 0.3 is 0 Å². The summed E-state index contributed by atoms with van der Waals surface area (Å²) in [6.07, 6.45) is 3.35. The van der Waals surface area contributed by atoms with Crippen molar-refractivity contribution >= 4 is 11.8 Å². The Kier molecular flexibility index (Phi) is 8.70. The van der Waals surface area contributed by atoms with E-state index < -0.39 is 0 Å². The van der Waals surface area contributed by atoms with Gasteiger partial charge in [-0.1, -0.05) is 38.1 Å². The summed E-state index contributed by atoms with van der Waals surface area (Å²) in [7, 11) is 0. The molecule has 0 fully saturated rings. The standard InChI is InChI=1S/C25H37N3O2/c1-7-21(6)28(25(30)18-27(19(3)4)24(29)8-2)17-23-14-11-15-26(23)16-22-13-10-9-12-20(22)5/h9-15,19,21H,7-8,16-18H2,1-6H3. The molecule has 0 saturated heterocycles. The molecule has 0 N–H and O–H groups in total. The van der Waals surface area contributed by atoms with Crippen molar-refractivity contribution < 1.29 is 9.59 Å². The molecule has 1 atom stereocenters. The summed E-state index contributed by atoms with van der Waals surface area (Å²) in [5.41, 5.74) is 3.64. The number of aromatic nitrogens is 1. The van der Waals surface area contributed by atoms with Crippen molar-refractivity contribution in [3.05, 3.63) is 59.4 Å². The van der Waals surface area contributed by atoms with Crippen LogP contribution < -0.4 is 0 Å². The van der Waals surface area contributed by atoms with Gasteiger partial charge in [-0.25, -0.2) is 0 Å². The Hall–Kier alpha value is -2.56. The molecule has 30 heavy (non-hydrogen) atoms. The van der Waals surface area contributed by atoms with Crippen LogP contribution in [0.15, 0.2) is 42.6 Å².